The van der Waals surface area contributed by atoms with Gasteiger partial charge in [0.15, 0.2) is 17.2 Å². The number of imidazole rings is 1. The van der Waals surface area contributed by atoms with Crippen LogP contribution in [0.4, 0.5) is 10.2 Å². The Kier molecular flexibility index (Phi) is 2.98. The highest BCUT2D eigenvalue weighted by atomic mass is 19.1. The molecule has 2 N–H and O–H groups in total. The Morgan fingerprint density at radius 1 is 1.20 bits per heavy atom. The fourth-order valence-electron chi connectivity index (χ4n) is 1.98. The Morgan fingerprint density at radius 3 is 2.80 bits per heavy atom. The van der Waals surface area contributed by atoms with Gasteiger partial charge in [0.25, 0.3) is 0 Å². The molecular weight excluding hydrogens is 259 g/mol. The van der Waals surface area contributed by atoms with Crippen molar-refractivity contribution in [2.24, 2.45) is 0 Å². The molecule has 0 radical (unpaired) electrons. The second-order valence-electron chi connectivity index (χ2n) is 4.25. The second-order valence-corrected chi connectivity index (χ2v) is 4.25. The van der Waals surface area contributed by atoms with E-state index in [1.807, 2.05) is 12.1 Å². The number of rotatable bonds is 3. The molecule has 1 aromatic carbocycles. The van der Waals surface area contributed by atoms with Crippen molar-refractivity contribution in [2.45, 2.75) is 0 Å². The van der Waals surface area contributed by atoms with E-state index in [1.165, 1.54) is 13.2 Å². The molecule has 3 aromatic rings. The molecule has 5 nitrogen and oxygen atoms in total. The standard InChI is InChI=1S/C14H13FN4O/c1-16-12-6-5-10-14(18-12)19-13(17-10)8-3-4-9(15)11(7-8)20-2/h3-7H,1-2H3,(H2,16,17,18,19). The third kappa shape index (κ3) is 2.05. The van der Waals surface area contributed by atoms with Crippen molar-refractivity contribution in [1.29, 1.82) is 0 Å². The number of methoxy groups -OCH3 is 1. The number of benzene rings is 1. The minimum absolute atomic E-state index is 0.187. The Labute approximate surface area is 114 Å². The summed E-state index contributed by atoms with van der Waals surface area (Å²) in [5.41, 5.74) is 2.17. The number of pyridine rings is 1. The van der Waals surface area contributed by atoms with Crippen molar-refractivity contribution in [1.82, 2.24) is 15.0 Å². The number of aromatic amines is 1. The summed E-state index contributed by atoms with van der Waals surface area (Å²) in [6, 6.07) is 8.36. The van der Waals surface area contributed by atoms with Crippen LogP contribution >= 0.6 is 0 Å². The van der Waals surface area contributed by atoms with Gasteiger partial charge in [-0.05, 0) is 30.3 Å². The predicted molar refractivity (Wildman–Crippen MR) is 75.4 cm³/mol. The smallest absolute Gasteiger partial charge is 0.180 e. The molecule has 0 spiro atoms. The summed E-state index contributed by atoms with van der Waals surface area (Å²) in [5.74, 6) is 1.15. The highest BCUT2D eigenvalue weighted by Crippen LogP contribution is 2.26. The number of hydrogen-bond acceptors (Lipinski definition) is 4. The van der Waals surface area contributed by atoms with Gasteiger partial charge in [-0.2, -0.15) is 0 Å². The number of nitrogens with zero attached hydrogens (tertiary/aromatic N) is 2. The van der Waals surface area contributed by atoms with Gasteiger partial charge in [-0.1, -0.05) is 0 Å². The van der Waals surface area contributed by atoms with Gasteiger partial charge in [0.2, 0.25) is 0 Å². The monoisotopic (exact) mass is 272 g/mol. The molecule has 102 valence electrons. The van der Waals surface area contributed by atoms with Crippen molar-refractivity contribution >= 4 is 17.0 Å². The Balaban J connectivity index is 2.09. The third-order valence-corrected chi connectivity index (χ3v) is 3.03. The van der Waals surface area contributed by atoms with Crippen LogP contribution in [0.5, 0.6) is 5.75 Å². The number of halogens is 1. The summed E-state index contributed by atoms with van der Waals surface area (Å²) in [6.45, 7) is 0. The quantitative estimate of drug-likeness (QED) is 0.769. The molecule has 0 bridgehead atoms. The van der Waals surface area contributed by atoms with Crippen molar-refractivity contribution in [3.63, 3.8) is 0 Å². The van der Waals surface area contributed by atoms with E-state index in [2.05, 4.69) is 20.3 Å². The van der Waals surface area contributed by atoms with E-state index in [0.29, 0.717) is 11.5 Å². The number of anilines is 1. The van der Waals surface area contributed by atoms with Crippen molar-refractivity contribution in [3.05, 3.63) is 36.1 Å². The summed E-state index contributed by atoms with van der Waals surface area (Å²) < 4.78 is 18.4. The van der Waals surface area contributed by atoms with E-state index in [4.69, 9.17) is 4.74 Å². The molecule has 0 aliphatic rings. The number of nitrogens with one attached hydrogen (secondary N) is 2. The molecule has 0 amide bonds. The van der Waals surface area contributed by atoms with Crippen molar-refractivity contribution in [2.75, 3.05) is 19.5 Å². The van der Waals surface area contributed by atoms with Crippen molar-refractivity contribution in [3.8, 4) is 17.1 Å². The molecule has 0 atom stereocenters. The first kappa shape index (κ1) is 12.4. The molecule has 20 heavy (non-hydrogen) atoms. The van der Waals surface area contributed by atoms with Crippen LogP contribution in [0.2, 0.25) is 0 Å². The molecule has 6 heteroatoms. The Morgan fingerprint density at radius 2 is 2.05 bits per heavy atom. The summed E-state index contributed by atoms with van der Waals surface area (Å²) in [7, 11) is 3.23. The van der Waals surface area contributed by atoms with Crippen LogP contribution in [0, 0.1) is 5.82 Å². The second kappa shape index (κ2) is 4.80. The minimum Gasteiger partial charge on any atom is -0.494 e. The van der Waals surface area contributed by atoms with E-state index in [-0.39, 0.29) is 5.75 Å². The summed E-state index contributed by atoms with van der Waals surface area (Å²) in [4.78, 5) is 11.9. The fourth-order valence-corrected chi connectivity index (χ4v) is 1.98. The molecule has 2 aromatic heterocycles. The Bertz CT molecular complexity index is 769. The van der Waals surface area contributed by atoms with Gasteiger partial charge in [-0.15, -0.1) is 0 Å². The number of fused-ring (bicyclic) bond motifs is 1. The number of H-pyrrole nitrogens is 1. The van der Waals surface area contributed by atoms with E-state index >= 15 is 0 Å². The molecule has 0 unspecified atom stereocenters. The van der Waals surface area contributed by atoms with Crippen molar-refractivity contribution < 1.29 is 9.13 Å². The Hall–Kier alpha value is -2.63. The SMILES string of the molecule is CNc1ccc2[nH]c(-c3ccc(F)c(OC)c3)nc2n1. The predicted octanol–water partition coefficient (Wildman–Crippen LogP) is 2.81. The van der Waals surface area contributed by atoms with Gasteiger partial charge in [0.05, 0.1) is 12.6 Å². The largest absolute Gasteiger partial charge is 0.494 e. The third-order valence-electron chi connectivity index (χ3n) is 3.03. The van der Waals surface area contributed by atoms with Crippen LogP contribution in [0.25, 0.3) is 22.6 Å². The molecular formula is C14H13FN4O. The van der Waals surface area contributed by atoms with Gasteiger partial charge >= 0.3 is 0 Å². The van der Waals surface area contributed by atoms with Gasteiger partial charge in [-0.25, -0.2) is 14.4 Å². The molecule has 0 saturated carbocycles. The normalized spacial score (nSPS) is 10.8. The molecule has 0 aliphatic carbocycles. The first-order chi connectivity index (χ1) is 9.71. The number of aromatic nitrogens is 3. The first-order valence-electron chi connectivity index (χ1n) is 6.09. The van der Waals surface area contributed by atoms with E-state index in [0.717, 1.165) is 16.9 Å². The molecule has 0 fully saturated rings. The lowest BCUT2D eigenvalue weighted by molar-refractivity contribution is 0.387. The highest BCUT2D eigenvalue weighted by molar-refractivity contribution is 5.77. The zero-order valence-electron chi connectivity index (χ0n) is 11.1. The van der Waals surface area contributed by atoms with E-state index in [9.17, 15) is 4.39 Å². The lowest BCUT2D eigenvalue weighted by Gasteiger charge is -2.03. The average molecular weight is 272 g/mol. The van der Waals surface area contributed by atoms with Gasteiger partial charge in [-0.3, -0.25) is 0 Å². The summed E-state index contributed by atoms with van der Waals surface area (Å²) >= 11 is 0. The maximum absolute atomic E-state index is 13.4. The average Bonchev–Trinajstić information content (AvgIpc) is 2.90. The lowest BCUT2D eigenvalue weighted by atomic mass is 10.2. The molecule has 2 heterocycles. The summed E-state index contributed by atoms with van der Waals surface area (Å²) in [6.07, 6.45) is 0. The topological polar surface area (TPSA) is 62.8 Å². The van der Waals surface area contributed by atoms with Crippen LogP contribution < -0.4 is 10.1 Å². The first-order valence-corrected chi connectivity index (χ1v) is 6.09. The zero-order chi connectivity index (χ0) is 14.1. The fraction of sp³-hybridized carbons (Fsp3) is 0.143. The van der Waals surface area contributed by atoms with Crippen LogP contribution in [0.15, 0.2) is 30.3 Å². The van der Waals surface area contributed by atoms with Gasteiger partial charge in [0, 0.05) is 12.6 Å². The maximum Gasteiger partial charge on any atom is 0.180 e. The highest BCUT2D eigenvalue weighted by Gasteiger charge is 2.10. The lowest BCUT2D eigenvalue weighted by Crippen LogP contribution is -1.91. The minimum atomic E-state index is -0.400. The number of ether oxygens (including phenoxy) is 1. The van der Waals surface area contributed by atoms with Crippen LogP contribution in [0.1, 0.15) is 0 Å². The summed E-state index contributed by atoms with van der Waals surface area (Å²) in [5, 5.41) is 2.96. The zero-order valence-corrected chi connectivity index (χ0v) is 11.1. The number of hydrogen-bond donors (Lipinski definition) is 2. The molecule has 3 rings (SSSR count). The van der Waals surface area contributed by atoms with E-state index in [1.54, 1.807) is 19.2 Å². The molecule has 0 aliphatic heterocycles. The van der Waals surface area contributed by atoms with Crippen LogP contribution in [-0.4, -0.2) is 29.1 Å². The van der Waals surface area contributed by atoms with Crippen LogP contribution in [0.3, 0.4) is 0 Å². The van der Waals surface area contributed by atoms with Gasteiger partial charge in [0.1, 0.15) is 11.6 Å². The van der Waals surface area contributed by atoms with Crippen LogP contribution in [-0.2, 0) is 0 Å². The maximum atomic E-state index is 13.4. The molecule has 0 saturated heterocycles. The van der Waals surface area contributed by atoms with E-state index < -0.39 is 5.82 Å². The van der Waals surface area contributed by atoms with Gasteiger partial charge < -0.3 is 15.0 Å².